The topological polar surface area (TPSA) is 32.3 Å². The first-order valence-electron chi connectivity index (χ1n) is 6.97. The molecule has 0 fully saturated rings. The second kappa shape index (κ2) is 7.87. The molecule has 0 unspecified atom stereocenters. The fourth-order valence-electron chi connectivity index (χ4n) is 2.02. The number of benzene rings is 1. The first-order chi connectivity index (χ1) is 10.6. The predicted octanol–water partition coefficient (Wildman–Crippen LogP) is 3.32. The van der Waals surface area contributed by atoms with Gasteiger partial charge in [0.05, 0.1) is 6.04 Å². The molecule has 1 aromatic heterocycles. The molecule has 0 saturated heterocycles. The van der Waals surface area contributed by atoms with Crippen molar-refractivity contribution >= 4 is 23.3 Å². The van der Waals surface area contributed by atoms with E-state index in [4.69, 9.17) is 0 Å². The summed E-state index contributed by atoms with van der Waals surface area (Å²) in [5.74, 6) is -0.445. The Morgan fingerprint density at radius 2 is 2.05 bits per heavy atom. The number of carbonyl (C=O) groups excluding carboxylic acids is 1. The molecule has 1 heterocycles. The van der Waals surface area contributed by atoms with E-state index in [1.807, 2.05) is 25.5 Å². The van der Waals surface area contributed by atoms with Gasteiger partial charge in [0.15, 0.2) is 0 Å². The molecule has 116 valence electrons. The third-order valence-electron chi connectivity index (χ3n) is 3.26. The molecule has 0 aliphatic carbocycles. The van der Waals surface area contributed by atoms with E-state index >= 15 is 0 Å². The second-order valence-corrected chi connectivity index (χ2v) is 6.10. The lowest BCUT2D eigenvalue weighted by Crippen LogP contribution is -2.33. The number of hydrogen-bond donors (Lipinski definition) is 1. The Bertz CT molecular complexity index is 621. The molecule has 3 nitrogen and oxygen atoms in total. The van der Waals surface area contributed by atoms with Crippen molar-refractivity contribution in [1.82, 2.24) is 10.2 Å². The van der Waals surface area contributed by atoms with E-state index in [0.29, 0.717) is 6.54 Å². The standard InChI is InChI=1S/C17H19FN2OS/c1-20(2)15(16-4-3-11-22-16)12-19-17(21)10-7-13-5-8-14(18)9-6-13/h3-11,15H,12H2,1-2H3,(H,19,21)/b10-7+/t15-/m1/s1. The highest BCUT2D eigenvalue weighted by molar-refractivity contribution is 7.10. The summed E-state index contributed by atoms with van der Waals surface area (Å²) in [7, 11) is 3.98. The number of halogens is 1. The maximum atomic E-state index is 12.8. The summed E-state index contributed by atoms with van der Waals surface area (Å²) in [5.41, 5.74) is 0.791. The van der Waals surface area contributed by atoms with Crippen LogP contribution in [0.2, 0.25) is 0 Å². The summed E-state index contributed by atoms with van der Waals surface area (Å²) in [6.07, 6.45) is 3.14. The highest BCUT2D eigenvalue weighted by Gasteiger charge is 2.15. The molecule has 0 saturated carbocycles. The summed E-state index contributed by atoms with van der Waals surface area (Å²) in [6, 6.07) is 10.2. The number of carbonyl (C=O) groups is 1. The summed E-state index contributed by atoms with van der Waals surface area (Å²) in [4.78, 5) is 15.2. The first kappa shape index (κ1) is 16.4. The lowest BCUT2D eigenvalue weighted by molar-refractivity contribution is -0.116. The Morgan fingerprint density at radius 1 is 1.32 bits per heavy atom. The van der Waals surface area contributed by atoms with Crippen LogP contribution in [0, 0.1) is 5.82 Å². The van der Waals surface area contributed by atoms with Gasteiger partial charge in [0.1, 0.15) is 5.82 Å². The number of likely N-dealkylation sites (N-methyl/N-ethyl adjacent to an activating group) is 1. The highest BCUT2D eigenvalue weighted by atomic mass is 32.1. The third-order valence-corrected chi connectivity index (χ3v) is 4.24. The molecule has 0 radical (unpaired) electrons. The minimum Gasteiger partial charge on any atom is -0.351 e. The molecule has 1 amide bonds. The van der Waals surface area contributed by atoms with E-state index in [9.17, 15) is 9.18 Å². The summed E-state index contributed by atoms with van der Waals surface area (Å²) in [5, 5.41) is 4.93. The molecular formula is C17H19FN2OS. The minimum absolute atomic E-state index is 0.156. The molecule has 2 aromatic rings. The van der Waals surface area contributed by atoms with Crippen molar-refractivity contribution in [3.05, 3.63) is 64.1 Å². The van der Waals surface area contributed by atoms with Crippen LogP contribution in [-0.2, 0) is 4.79 Å². The maximum Gasteiger partial charge on any atom is 0.244 e. The Morgan fingerprint density at radius 3 is 2.64 bits per heavy atom. The van der Waals surface area contributed by atoms with Gasteiger partial charge in [0.25, 0.3) is 0 Å². The second-order valence-electron chi connectivity index (χ2n) is 5.12. The van der Waals surface area contributed by atoms with Crippen molar-refractivity contribution in [2.45, 2.75) is 6.04 Å². The normalized spacial score (nSPS) is 12.7. The van der Waals surface area contributed by atoms with Gasteiger partial charge in [-0.1, -0.05) is 18.2 Å². The predicted molar refractivity (Wildman–Crippen MR) is 89.2 cm³/mol. The van der Waals surface area contributed by atoms with Crippen molar-refractivity contribution in [2.24, 2.45) is 0 Å². The van der Waals surface area contributed by atoms with Crippen LogP contribution in [0.15, 0.2) is 47.9 Å². The molecule has 22 heavy (non-hydrogen) atoms. The largest absolute Gasteiger partial charge is 0.351 e. The van der Waals surface area contributed by atoms with Gasteiger partial charge in [0, 0.05) is 17.5 Å². The number of amides is 1. The quantitative estimate of drug-likeness (QED) is 0.829. The van der Waals surface area contributed by atoms with E-state index in [1.165, 1.54) is 23.1 Å². The van der Waals surface area contributed by atoms with Crippen LogP contribution in [0.4, 0.5) is 4.39 Å². The van der Waals surface area contributed by atoms with Crippen molar-refractivity contribution < 1.29 is 9.18 Å². The molecule has 0 bridgehead atoms. The molecule has 1 atom stereocenters. The maximum absolute atomic E-state index is 12.8. The van der Waals surface area contributed by atoms with Crippen LogP contribution in [0.3, 0.4) is 0 Å². The fourth-order valence-corrected chi connectivity index (χ4v) is 2.94. The smallest absolute Gasteiger partial charge is 0.244 e. The van der Waals surface area contributed by atoms with Crippen LogP contribution >= 0.6 is 11.3 Å². The first-order valence-corrected chi connectivity index (χ1v) is 7.85. The summed E-state index contributed by atoms with van der Waals surface area (Å²) in [6.45, 7) is 0.542. The molecule has 0 aliphatic rings. The van der Waals surface area contributed by atoms with Gasteiger partial charge in [-0.25, -0.2) is 4.39 Å². The van der Waals surface area contributed by atoms with Crippen LogP contribution in [0.1, 0.15) is 16.5 Å². The Labute approximate surface area is 134 Å². The number of hydrogen-bond acceptors (Lipinski definition) is 3. The molecule has 2 rings (SSSR count). The van der Waals surface area contributed by atoms with Crippen LogP contribution in [-0.4, -0.2) is 31.4 Å². The van der Waals surface area contributed by atoms with Gasteiger partial charge in [-0.15, -0.1) is 11.3 Å². The molecule has 0 spiro atoms. The van der Waals surface area contributed by atoms with Gasteiger partial charge >= 0.3 is 0 Å². The van der Waals surface area contributed by atoms with Crippen LogP contribution < -0.4 is 5.32 Å². The van der Waals surface area contributed by atoms with Gasteiger partial charge in [-0.05, 0) is 49.3 Å². The molecular weight excluding hydrogens is 299 g/mol. The minimum atomic E-state index is -0.286. The SMILES string of the molecule is CN(C)[C@H](CNC(=O)/C=C/c1ccc(F)cc1)c1cccs1. The average molecular weight is 318 g/mol. The molecule has 0 aliphatic heterocycles. The zero-order chi connectivity index (χ0) is 15.9. The van der Waals surface area contributed by atoms with Gasteiger partial charge in [-0.2, -0.15) is 0 Å². The van der Waals surface area contributed by atoms with Crippen LogP contribution in [0.25, 0.3) is 6.08 Å². The van der Waals surface area contributed by atoms with Crippen LogP contribution in [0.5, 0.6) is 0 Å². The van der Waals surface area contributed by atoms with E-state index in [0.717, 1.165) is 5.56 Å². The number of nitrogens with one attached hydrogen (secondary N) is 1. The van der Waals surface area contributed by atoms with Crippen molar-refractivity contribution in [3.8, 4) is 0 Å². The third kappa shape index (κ3) is 4.79. The van der Waals surface area contributed by atoms with E-state index in [1.54, 1.807) is 29.5 Å². The Hall–Kier alpha value is -1.98. The highest BCUT2D eigenvalue weighted by Crippen LogP contribution is 2.22. The zero-order valence-corrected chi connectivity index (χ0v) is 13.4. The fraction of sp³-hybridized carbons (Fsp3) is 0.235. The lowest BCUT2D eigenvalue weighted by atomic mass is 10.2. The number of nitrogens with zero attached hydrogens (tertiary/aromatic N) is 1. The zero-order valence-electron chi connectivity index (χ0n) is 12.6. The monoisotopic (exact) mass is 318 g/mol. The molecule has 5 heteroatoms. The number of thiophene rings is 1. The van der Waals surface area contributed by atoms with Gasteiger partial charge in [0.2, 0.25) is 5.91 Å². The van der Waals surface area contributed by atoms with Gasteiger partial charge < -0.3 is 10.2 Å². The van der Waals surface area contributed by atoms with Crippen molar-refractivity contribution in [2.75, 3.05) is 20.6 Å². The van der Waals surface area contributed by atoms with Crippen molar-refractivity contribution in [3.63, 3.8) is 0 Å². The molecule has 1 aromatic carbocycles. The van der Waals surface area contributed by atoms with E-state index in [2.05, 4.69) is 16.3 Å². The Balaban J connectivity index is 1.90. The Kier molecular flexibility index (Phi) is 5.86. The van der Waals surface area contributed by atoms with E-state index < -0.39 is 0 Å². The average Bonchev–Trinajstić information content (AvgIpc) is 3.00. The lowest BCUT2D eigenvalue weighted by Gasteiger charge is -2.23. The van der Waals surface area contributed by atoms with Crippen molar-refractivity contribution in [1.29, 1.82) is 0 Å². The summed E-state index contributed by atoms with van der Waals surface area (Å²) >= 11 is 1.68. The molecule has 1 N–H and O–H groups in total. The van der Waals surface area contributed by atoms with Gasteiger partial charge in [-0.3, -0.25) is 4.79 Å². The number of rotatable bonds is 6. The summed E-state index contributed by atoms with van der Waals surface area (Å²) < 4.78 is 12.8. The van der Waals surface area contributed by atoms with E-state index in [-0.39, 0.29) is 17.8 Å².